The van der Waals surface area contributed by atoms with Gasteiger partial charge < -0.3 is 9.47 Å². The monoisotopic (exact) mass is 564 g/mol. The summed E-state index contributed by atoms with van der Waals surface area (Å²) in [4.78, 5) is 49.8. The van der Waals surface area contributed by atoms with Gasteiger partial charge in [0, 0.05) is 20.1 Å². The van der Waals surface area contributed by atoms with Crippen molar-refractivity contribution in [2.75, 3.05) is 13.2 Å². The Kier molecular flexibility index (Phi) is 8.75. The fourth-order valence-corrected chi connectivity index (χ4v) is 4.15. The van der Waals surface area contributed by atoms with Gasteiger partial charge in [-0.05, 0) is 37.1 Å². The number of carbonyl (C=O) groups excluding carboxylic acids is 4. The molecule has 2 unspecified atom stereocenters. The van der Waals surface area contributed by atoms with E-state index in [0.29, 0.717) is 24.0 Å². The van der Waals surface area contributed by atoms with Gasteiger partial charge in [-0.3, -0.25) is 19.2 Å². The van der Waals surface area contributed by atoms with Gasteiger partial charge in [0.15, 0.2) is 24.8 Å². The van der Waals surface area contributed by atoms with Crippen molar-refractivity contribution in [1.82, 2.24) is 0 Å². The zero-order valence-electron chi connectivity index (χ0n) is 17.2. The van der Waals surface area contributed by atoms with Crippen LogP contribution < -0.4 is 0 Å². The number of halogens is 2. The second-order valence-electron chi connectivity index (χ2n) is 7.57. The lowest BCUT2D eigenvalue weighted by atomic mass is 9.79. The minimum absolute atomic E-state index is 0.319. The molecule has 0 bridgehead atoms. The van der Waals surface area contributed by atoms with Crippen LogP contribution in [0.25, 0.3) is 0 Å². The van der Waals surface area contributed by atoms with E-state index in [0.717, 1.165) is 21.8 Å². The van der Waals surface area contributed by atoms with Crippen LogP contribution in [0.4, 0.5) is 0 Å². The van der Waals surface area contributed by atoms with E-state index in [-0.39, 0.29) is 24.8 Å². The van der Waals surface area contributed by atoms with Gasteiger partial charge >= 0.3 is 11.9 Å². The van der Waals surface area contributed by atoms with Crippen LogP contribution >= 0.6 is 31.9 Å². The molecule has 1 aliphatic carbocycles. The average molecular weight is 566 g/mol. The molecule has 0 saturated heterocycles. The number of ketones is 2. The number of carbonyl (C=O) groups is 4. The maximum absolute atomic E-state index is 12.6. The van der Waals surface area contributed by atoms with E-state index in [2.05, 4.69) is 31.9 Å². The molecule has 3 rings (SSSR count). The number of rotatable bonds is 8. The summed E-state index contributed by atoms with van der Waals surface area (Å²) in [5.74, 6) is -3.18. The third kappa shape index (κ3) is 6.59. The van der Waals surface area contributed by atoms with Crippen molar-refractivity contribution in [1.29, 1.82) is 0 Å². The molecule has 2 aromatic rings. The number of hydrogen-bond acceptors (Lipinski definition) is 6. The molecule has 0 aromatic heterocycles. The molecule has 2 aromatic carbocycles. The first-order valence-corrected chi connectivity index (χ1v) is 11.8. The molecule has 8 heteroatoms. The number of benzene rings is 2. The molecule has 0 amide bonds. The molecule has 0 heterocycles. The topological polar surface area (TPSA) is 86.7 Å². The Labute approximate surface area is 202 Å². The van der Waals surface area contributed by atoms with Crippen molar-refractivity contribution in [3.8, 4) is 0 Å². The highest BCUT2D eigenvalue weighted by Crippen LogP contribution is 2.32. The summed E-state index contributed by atoms with van der Waals surface area (Å²) < 4.78 is 12.2. The lowest BCUT2D eigenvalue weighted by Crippen LogP contribution is -2.36. The Morgan fingerprint density at radius 1 is 0.656 bits per heavy atom. The van der Waals surface area contributed by atoms with Gasteiger partial charge in [0.1, 0.15) is 0 Å². The Morgan fingerprint density at radius 2 is 1.00 bits per heavy atom. The molecule has 168 valence electrons. The first-order chi connectivity index (χ1) is 15.3. The van der Waals surface area contributed by atoms with Crippen molar-refractivity contribution in [2.45, 2.75) is 25.7 Å². The fourth-order valence-electron chi connectivity index (χ4n) is 3.62. The van der Waals surface area contributed by atoms with Crippen LogP contribution in [0, 0.1) is 11.8 Å². The van der Waals surface area contributed by atoms with E-state index in [1.165, 1.54) is 0 Å². The second-order valence-corrected chi connectivity index (χ2v) is 9.40. The van der Waals surface area contributed by atoms with Crippen molar-refractivity contribution in [2.24, 2.45) is 11.8 Å². The van der Waals surface area contributed by atoms with E-state index in [9.17, 15) is 19.2 Å². The van der Waals surface area contributed by atoms with Gasteiger partial charge in [0.05, 0.1) is 11.8 Å². The molecular weight excluding hydrogens is 544 g/mol. The van der Waals surface area contributed by atoms with E-state index in [4.69, 9.17) is 9.47 Å². The third-order valence-electron chi connectivity index (χ3n) is 5.39. The largest absolute Gasteiger partial charge is 0.457 e. The van der Waals surface area contributed by atoms with Gasteiger partial charge in [-0.2, -0.15) is 0 Å². The number of ether oxygens (including phenoxy) is 2. The van der Waals surface area contributed by atoms with Crippen LogP contribution in [0.15, 0.2) is 57.5 Å². The van der Waals surface area contributed by atoms with Crippen LogP contribution in [-0.2, 0) is 19.1 Å². The Morgan fingerprint density at radius 3 is 1.34 bits per heavy atom. The van der Waals surface area contributed by atoms with Crippen LogP contribution in [0.1, 0.15) is 46.4 Å². The normalized spacial score (nSPS) is 17.9. The summed E-state index contributed by atoms with van der Waals surface area (Å²) in [6, 6.07) is 13.5. The maximum atomic E-state index is 12.6. The Hall–Kier alpha value is -2.32. The molecule has 0 radical (unpaired) electrons. The molecule has 0 spiro atoms. The SMILES string of the molecule is O=C(COC(=O)C1CCCCC1C(=O)OCC(=O)c1ccc(Br)cc1)c1ccc(Br)cc1. The second kappa shape index (κ2) is 11.5. The molecular formula is C24H22Br2O6. The van der Waals surface area contributed by atoms with Crippen molar-refractivity contribution < 1.29 is 28.7 Å². The smallest absolute Gasteiger partial charge is 0.310 e. The predicted octanol–water partition coefficient (Wildman–Crippen LogP) is 5.17. The highest BCUT2D eigenvalue weighted by molar-refractivity contribution is 9.10. The molecule has 1 aliphatic rings. The molecule has 6 nitrogen and oxygen atoms in total. The van der Waals surface area contributed by atoms with E-state index in [1.54, 1.807) is 48.5 Å². The van der Waals surface area contributed by atoms with Gasteiger partial charge in [-0.15, -0.1) is 0 Å². The Balaban J connectivity index is 1.54. The lowest BCUT2D eigenvalue weighted by molar-refractivity contribution is -0.161. The van der Waals surface area contributed by atoms with E-state index < -0.39 is 23.8 Å². The molecule has 0 N–H and O–H groups in total. The van der Waals surface area contributed by atoms with Crippen molar-refractivity contribution in [3.63, 3.8) is 0 Å². The number of esters is 2. The number of Topliss-reactive ketones (excluding diaryl/α,β-unsaturated/α-hetero) is 2. The van der Waals surface area contributed by atoms with Gasteiger partial charge in [-0.1, -0.05) is 69.0 Å². The van der Waals surface area contributed by atoms with Crippen LogP contribution in [0.5, 0.6) is 0 Å². The summed E-state index contributed by atoms with van der Waals surface area (Å²) in [5, 5.41) is 0. The lowest BCUT2D eigenvalue weighted by Gasteiger charge is -2.28. The summed E-state index contributed by atoms with van der Waals surface area (Å²) in [6.45, 7) is -0.776. The van der Waals surface area contributed by atoms with Gasteiger partial charge in [-0.25, -0.2) is 0 Å². The molecule has 32 heavy (non-hydrogen) atoms. The minimum atomic E-state index is -0.684. The first kappa shape index (κ1) is 24.3. The van der Waals surface area contributed by atoms with Gasteiger partial charge in [0.2, 0.25) is 0 Å². The molecule has 1 fully saturated rings. The zero-order chi connectivity index (χ0) is 23.1. The zero-order valence-corrected chi connectivity index (χ0v) is 20.4. The molecule has 0 aliphatic heterocycles. The summed E-state index contributed by atoms with van der Waals surface area (Å²) in [6.07, 6.45) is 2.52. The first-order valence-electron chi connectivity index (χ1n) is 10.3. The van der Waals surface area contributed by atoms with Crippen LogP contribution in [-0.4, -0.2) is 36.7 Å². The quantitative estimate of drug-likeness (QED) is 0.324. The third-order valence-corrected chi connectivity index (χ3v) is 6.45. The summed E-state index contributed by atoms with van der Waals surface area (Å²) in [5.41, 5.74) is 0.874. The fraction of sp³-hybridized carbons (Fsp3) is 0.333. The standard InChI is InChI=1S/C24H22Br2O6/c25-17-9-5-15(6-10-17)21(27)13-31-23(29)19-3-1-2-4-20(19)24(30)32-14-22(28)16-7-11-18(26)12-8-16/h5-12,19-20H,1-4,13-14H2. The maximum Gasteiger partial charge on any atom is 0.310 e. The van der Waals surface area contributed by atoms with Crippen LogP contribution in [0.3, 0.4) is 0 Å². The average Bonchev–Trinajstić information content (AvgIpc) is 2.81. The van der Waals surface area contributed by atoms with E-state index >= 15 is 0 Å². The molecule has 1 saturated carbocycles. The predicted molar refractivity (Wildman–Crippen MR) is 124 cm³/mol. The van der Waals surface area contributed by atoms with E-state index in [1.807, 2.05) is 0 Å². The number of hydrogen-bond donors (Lipinski definition) is 0. The highest BCUT2D eigenvalue weighted by Gasteiger charge is 2.38. The molecule has 2 atom stereocenters. The highest BCUT2D eigenvalue weighted by atomic mass is 79.9. The van der Waals surface area contributed by atoms with Crippen LogP contribution in [0.2, 0.25) is 0 Å². The van der Waals surface area contributed by atoms with Crippen molar-refractivity contribution in [3.05, 3.63) is 68.6 Å². The van der Waals surface area contributed by atoms with Crippen molar-refractivity contribution >= 4 is 55.4 Å². The van der Waals surface area contributed by atoms with Gasteiger partial charge in [0.25, 0.3) is 0 Å². The Bertz CT molecular complexity index is 903. The minimum Gasteiger partial charge on any atom is -0.457 e. The summed E-state index contributed by atoms with van der Waals surface area (Å²) in [7, 11) is 0. The summed E-state index contributed by atoms with van der Waals surface area (Å²) >= 11 is 6.61.